The molecule has 0 aliphatic carbocycles. The van der Waals surface area contributed by atoms with Gasteiger partial charge in [-0.1, -0.05) is 18.2 Å². The maximum Gasteiger partial charge on any atom is 0.0335 e. The van der Waals surface area contributed by atoms with E-state index in [1.807, 2.05) is 0 Å². The van der Waals surface area contributed by atoms with Crippen LogP contribution in [0.4, 0.5) is 0 Å². The average Bonchev–Trinajstić information content (AvgIpc) is 2.22. The lowest BCUT2D eigenvalue weighted by Gasteiger charge is -2.28. The summed E-state index contributed by atoms with van der Waals surface area (Å²) in [5, 5.41) is 3.53. The summed E-state index contributed by atoms with van der Waals surface area (Å²) < 4.78 is 0. The zero-order chi connectivity index (χ0) is 10.8. The topological polar surface area (TPSA) is 38.0 Å². The molecule has 82 valence electrons. The van der Waals surface area contributed by atoms with E-state index < -0.39 is 0 Å². The van der Waals surface area contributed by atoms with Crippen molar-refractivity contribution in [1.29, 1.82) is 0 Å². The van der Waals surface area contributed by atoms with Crippen LogP contribution in [0.5, 0.6) is 0 Å². The molecule has 1 aromatic carbocycles. The van der Waals surface area contributed by atoms with Gasteiger partial charge in [0, 0.05) is 12.1 Å². The summed E-state index contributed by atoms with van der Waals surface area (Å²) in [6, 6.07) is 7.51. The standard InChI is InChI=1S/C13H20N2/c1-9-3-4-11(7-10(9)2)13-8-12(14)5-6-15-13/h3-4,7,12-13,15H,5-6,8,14H2,1-2H3/t12-,13+/m1/s1. The minimum absolute atomic E-state index is 0.359. The third-order valence-corrected chi connectivity index (χ3v) is 3.38. The van der Waals surface area contributed by atoms with E-state index >= 15 is 0 Å². The van der Waals surface area contributed by atoms with Crippen LogP contribution in [0, 0.1) is 13.8 Å². The Morgan fingerprint density at radius 1 is 1.27 bits per heavy atom. The first-order chi connectivity index (χ1) is 7.16. The molecule has 0 saturated carbocycles. The Labute approximate surface area is 91.9 Å². The third kappa shape index (κ3) is 2.39. The van der Waals surface area contributed by atoms with E-state index in [0.717, 1.165) is 19.4 Å². The monoisotopic (exact) mass is 204 g/mol. The molecule has 2 atom stereocenters. The predicted octanol–water partition coefficient (Wildman–Crippen LogP) is 2.06. The van der Waals surface area contributed by atoms with Crippen LogP contribution >= 0.6 is 0 Å². The molecule has 1 heterocycles. The molecule has 1 aliphatic rings. The van der Waals surface area contributed by atoms with Crippen molar-refractivity contribution in [3.8, 4) is 0 Å². The van der Waals surface area contributed by atoms with Crippen molar-refractivity contribution in [2.24, 2.45) is 5.73 Å². The second-order valence-corrected chi connectivity index (χ2v) is 4.63. The lowest BCUT2D eigenvalue weighted by atomic mass is 9.92. The molecule has 0 spiro atoms. The van der Waals surface area contributed by atoms with Crippen molar-refractivity contribution in [2.75, 3.05) is 6.54 Å². The van der Waals surface area contributed by atoms with Crippen molar-refractivity contribution in [3.63, 3.8) is 0 Å². The highest BCUT2D eigenvalue weighted by Gasteiger charge is 2.19. The summed E-state index contributed by atoms with van der Waals surface area (Å²) in [7, 11) is 0. The highest BCUT2D eigenvalue weighted by atomic mass is 14.9. The lowest BCUT2D eigenvalue weighted by Crippen LogP contribution is -2.38. The molecule has 2 heteroatoms. The van der Waals surface area contributed by atoms with Gasteiger partial charge in [-0.2, -0.15) is 0 Å². The Bertz CT molecular complexity index is 346. The average molecular weight is 204 g/mol. The van der Waals surface area contributed by atoms with Crippen LogP contribution in [0.3, 0.4) is 0 Å². The van der Waals surface area contributed by atoms with Gasteiger partial charge in [0.25, 0.3) is 0 Å². The van der Waals surface area contributed by atoms with Gasteiger partial charge in [-0.25, -0.2) is 0 Å². The first-order valence-electron chi connectivity index (χ1n) is 5.73. The molecule has 0 radical (unpaired) electrons. The summed E-state index contributed by atoms with van der Waals surface area (Å²) in [6.45, 7) is 5.36. The zero-order valence-electron chi connectivity index (χ0n) is 9.59. The molecule has 0 unspecified atom stereocenters. The molecule has 0 aromatic heterocycles. The molecule has 0 bridgehead atoms. The maximum atomic E-state index is 5.99. The number of hydrogen-bond donors (Lipinski definition) is 2. The quantitative estimate of drug-likeness (QED) is 0.735. The summed E-state index contributed by atoms with van der Waals surface area (Å²) in [4.78, 5) is 0. The lowest BCUT2D eigenvalue weighted by molar-refractivity contribution is 0.369. The van der Waals surface area contributed by atoms with Crippen LogP contribution < -0.4 is 11.1 Å². The molecule has 2 rings (SSSR count). The molecule has 1 aliphatic heterocycles. The van der Waals surface area contributed by atoms with Crippen molar-refractivity contribution < 1.29 is 0 Å². The first-order valence-corrected chi connectivity index (χ1v) is 5.73. The largest absolute Gasteiger partial charge is 0.328 e. The number of benzene rings is 1. The van der Waals surface area contributed by atoms with Crippen LogP contribution in [-0.4, -0.2) is 12.6 Å². The van der Waals surface area contributed by atoms with Crippen LogP contribution in [0.1, 0.15) is 35.6 Å². The summed E-state index contributed by atoms with van der Waals surface area (Å²) >= 11 is 0. The third-order valence-electron chi connectivity index (χ3n) is 3.38. The Kier molecular flexibility index (Phi) is 3.08. The van der Waals surface area contributed by atoms with Crippen LogP contribution in [0.2, 0.25) is 0 Å². The number of aryl methyl sites for hydroxylation is 2. The van der Waals surface area contributed by atoms with Gasteiger partial charge in [-0.15, -0.1) is 0 Å². The van der Waals surface area contributed by atoms with E-state index in [1.54, 1.807) is 0 Å². The fourth-order valence-corrected chi connectivity index (χ4v) is 2.18. The van der Waals surface area contributed by atoms with Gasteiger partial charge >= 0.3 is 0 Å². The van der Waals surface area contributed by atoms with E-state index in [0.29, 0.717) is 12.1 Å². The van der Waals surface area contributed by atoms with Crippen molar-refractivity contribution >= 4 is 0 Å². The van der Waals surface area contributed by atoms with E-state index in [9.17, 15) is 0 Å². The van der Waals surface area contributed by atoms with Gasteiger partial charge in [0.15, 0.2) is 0 Å². The smallest absolute Gasteiger partial charge is 0.0335 e. The van der Waals surface area contributed by atoms with Crippen molar-refractivity contribution in [1.82, 2.24) is 5.32 Å². The molecule has 2 nitrogen and oxygen atoms in total. The molecular weight excluding hydrogens is 184 g/mol. The molecular formula is C13H20N2. The molecule has 15 heavy (non-hydrogen) atoms. The molecule has 1 saturated heterocycles. The van der Waals surface area contributed by atoms with E-state index in [4.69, 9.17) is 5.73 Å². The van der Waals surface area contributed by atoms with Gasteiger partial charge < -0.3 is 11.1 Å². The van der Waals surface area contributed by atoms with Crippen LogP contribution in [0.25, 0.3) is 0 Å². The Hall–Kier alpha value is -0.860. The van der Waals surface area contributed by atoms with Crippen LogP contribution in [0.15, 0.2) is 18.2 Å². The predicted molar refractivity (Wildman–Crippen MR) is 63.9 cm³/mol. The van der Waals surface area contributed by atoms with Gasteiger partial charge in [-0.3, -0.25) is 0 Å². The normalized spacial score (nSPS) is 26.6. The Balaban J connectivity index is 2.18. The fraction of sp³-hybridized carbons (Fsp3) is 0.538. The maximum absolute atomic E-state index is 5.99. The van der Waals surface area contributed by atoms with Crippen molar-refractivity contribution in [2.45, 2.75) is 38.8 Å². The number of rotatable bonds is 1. The SMILES string of the molecule is Cc1ccc([C@@H]2C[C@H](N)CCN2)cc1C. The van der Waals surface area contributed by atoms with Crippen molar-refractivity contribution in [3.05, 3.63) is 34.9 Å². The van der Waals surface area contributed by atoms with Gasteiger partial charge in [0.1, 0.15) is 0 Å². The minimum atomic E-state index is 0.359. The number of hydrogen-bond acceptors (Lipinski definition) is 2. The summed E-state index contributed by atoms with van der Waals surface area (Å²) in [5.74, 6) is 0. The number of piperidine rings is 1. The van der Waals surface area contributed by atoms with E-state index in [2.05, 4.69) is 37.4 Å². The van der Waals surface area contributed by atoms with Crippen LogP contribution in [-0.2, 0) is 0 Å². The molecule has 1 fully saturated rings. The van der Waals surface area contributed by atoms with E-state index in [-0.39, 0.29) is 0 Å². The fourth-order valence-electron chi connectivity index (χ4n) is 2.18. The zero-order valence-corrected chi connectivity index (χ0v) is 9.59. The second kappa shape index (κ2) is 4.33. The van der Waals surface area contributed by atoms with E-state index in [1.165, 1.54) is 16.7 Å². The highest BCUT2D eigenvalue weighted by Crippen LogP contribution is 2.24. The number of nitrogens with two attached hydrogens (primary N) is 1. The number of nitrogens with one attached hydrogen (secondary N) is 1. The van der Waals surface area contributed by atoms with Gasteiger partial charge in [0.05, 0.1) is 0 Å². The second-order valence-electron chi connectivity index (χ2n) is 4.63. The molecule has 0 amide bonds. The Morgan fingerprint density at radius 3 is 2.73 bits per heavy atom. The summed E-state index contributed by atoms with van der Waals surface area (Å²) in [5.41, 5.74) is 10.1. The molecule has 1 aromatic rings. The molecule has 3 N–H and O–H groups in total. The van der Waals surface area contributed by atoms with Gasteiger partial charge in [0.2, 0.25) is 0 Å². The Morgan fingerprint density at radius 2 is 2.07 bits per heavy atom. The summed E-state index contributed by atoms with van der Waals surface area (Å²) in [6.07, 6.45) is 2.16. The van der Waals surface area contributed by atoms with Gasteiger partial charge in [-0.05, 0) is 49.9 Å². The highest BCUT2D eigenvalue weighted by molar-refractivity contribution is 5.32. The first kappa shape index (κ1) is 10.7. The minimum Gasteiger partial charge on any atom is -0.328 e.